The number of rotatable bonds is 3. The lowest BCUT2D eigenvalue weighted by molar-refractivity contribution is -0.120. The molecular weight excluding hydrogens is 263 g/mol. The molecule has 104 valence electrons. The minimum Gasteiger partial charge on any atom is -0.371 e. The summed E-state index contributed by atoms with van der Waals surface area (Å²) in [5.74, 6) is -5.14. The zero-order valence-corrected chi connectivity index (χ0v) is 10.2. The number of carbonyl (C=O) groups excluding carboxylic acids is 2. The van der Waals surface area contributed by atoms with Crippen molar-refractivity contribution in [3.8, 4) is 0 Å². The summed E-state index contributed by atoms with van der Waals surface area (Å²) in [6.07, 6.45) is 0. The maximum Gasteiger partial charge on any atom is 0.321 e. The average Bonchev–Trinajstić information content (AvgIpc) is 2.39. The molecule has 0 radical (unpaired) electrons. The van der Waals surface area contributed by atoms with E-state index in [4.69, 9.17) is 0 Å². The van der Waals surface area contributed by atoms with Gasteiger partial charge in [-0.15, -0.1) is 0 Å². The first-order valence-electron chi connectivity index (χ1n) is 5.29. The molecule has 1 unspecified atom stereocenters. The Morgan fingerprint density at radius 1 is 1.16 bits per heavy atom. The van der Waals surface area contributed by atoms with E-state index in [1.807, 2.05) is 5.32 Å². The van der Waals surface area contributed by atoms with Crippen LogP contribution >= 0.6 is 0 Å². The Balaban J connectivity index is 2.77. The second-order valence-electron chi connectivity index (χ2n) is 3.66. The molecule has 3 amide bonds. The number of carbonyl (C=O) groups is 2. The maximum absolute atomic E-state index is 13.3. The number of imide groups is 1. The van der Waals surface area contributed by atoms with E-state index < -0.39 is 35.4 Å². The molecular formula is C11H12F3N3O2. The molecule has 0 aromatic heterocycles. The second kappa shape index (κ2) is 6.07. The largest absolute Gasteiger partial charge is 0.371 e. The van der Waals surface area contributed by atoms with Crippen LogP contribution in [0.25, 0.3) is 0 Å². The van der Waals surface area contributed by atoms with Gasteiger partial charge in [-0.3, -0.25) is 10.1 Å². The van der Waals surface area contributed by atoms with E-state index in [2.05, 4.69) is 10.6 Å². The molecule has 1 rings (SSSR count). The molecule has 0 saturated heterocycles. The Morgan fingerprint density at radius 3 is 2.37 bits per heavy atom. The number of anilines is 1. The SMILES string of the molecule is CNC(=O)NC(=O)C(C)Nc1ccc(F)c(F)c1F. The van der Waals surface area contributed by atoms with Gasteiger partial charge < -0.3 is 10.6 Å². The van der Waals surface area contributed by atoms with E-state index in [1.54, 1.807) is 0 Å². The normalized spacial score (nSPS) is 11.6. The van der Waals surface area contributed by atoms with Crippen molar-refractivity contribution in [2.45, 2.75) is 13.0 Å². The summed E-state index contributed by atoms with van der Waals surface area (Å²) in [5, 5.41) is 6.45. The standard InChI is InChI=1S/C11H12F3N3O2/c1-5(10(18)17-11(19)15-2)16-7-4-3-6(12)8(13)9(7)14/h3-5,16H,1-2H3,(H2,15,17,18,19). The van der Waals surface area contributed by atoms with Gasteiger partial charge in [-0.1, -0.05) is 0 Å². The smallest absolute Gasteiger partial charge is 0.321 e. The molecule has 19 heavy (non-hydrogen) atoms. The number of halogens is 3. The van der Waals surface area contributed by atoms with E-state index in [0.717, 1.165) is 12.1 Å². The topological polar surface area (TPSA) is 70.2 Å². The van der Waals surface area contributed by atoms with E-state index in [0.29, 0.717) is 0 Å². The van der Waals surface area contributed by atoms with Crippen molar-refractivity contribution in [1.29, 1.82) is 0 Å². The van der Waals surface area contributed by atoms with Crippen LogP contribution in [0, 0.1) is 17.5 Å². The first-order valence-corrected chi connectivity index (χ1v) is 5.29. The number of nitrogens with one attached hydrogen (secondary N) is 3. The minimum absolute atomic E-state index is 0.376. The van der Waals surface area contributed by atoms with Gasteiger partial charge in [0.15, 0.2) is 17.5 Å². The number of benzene rings is 1. The molecule has 1 aromatic carbocycles. The van der Waals surface area contributed by atoms with Crippen LogP contribution in [0.2, 0.25) is 0 Å². The number of hydrogen-bond acceptors (Lipinski definition) is 3. The van der Waals surface area contributed by atoms with Crippen LogP contribution in [0.5, 0.6) is 0 Å². The van der Waals surface area contributed by atoms with Gasteiger partial charge in [-0.05, 0) is 19.1 Å². The van der Waals surface area contributed by atoms with E-state index in [-0.39, 0.29) is 5.69 Å². The van der Waals surface area contributed by atoms with Gasteiger partial charge >= 0.3 is 6.03 Å². The Hall–Kier alpha value is -2.25. The van der Waals surface area contributed by atoms with Gasteiger partial charge in [0.1, 0.15) is 6.04 Å². The van der Waals surface area contributed by atoms with Crippen LogP contribution < -0.4 is 16.0 Å². The molecule has 0 spiro atoms. The molecule has 0 aliphatic heterocycles. The van der Waals surface area contributed by atoms with Crippen molar-refractivity contribution in [1.82, 2.24) is 10.6 Å². The zero-order valence-electron chi connectivity index (χ0n) is 10.2. The lowest BCUT2D eigenvalue weighted by Gasteiger charge is -2.15. The zero-order chi connectivity index (χ0) is 14.6. The van der Waals surface area contributed by atoms with Crippen LogP contribution in [0.4, 0.5) is 23.7 Å². The summed E-state index contributed by atoms with van der Waals surface area (Å²) in [4.78, 5) is 22.3. The number of amides is 3. The Morgan fingerprint density at radius 2 is 1.79 bits per heavy atom. The highest BCUT2D eigenvalue weighted by molar-refractivity contribution is 5.97. The van der Waals surface area contributed by atoms with Crippen molar-refractivity contribution >= 4 is 17.6 Å². The Kier molecular flexibility index (Phi) is 4.74. The predicted octanol–water partition coefficient (Wildman–Crippen LogP) is 1.36. The molecule has 1 aromatic rings. The van der Waals surface area contributed by atoms with Crippen LogP contribution in [-0.4, -0.2) is 25.0 Å². The number of urea groups is 1. The fourth-order valence-corrected chi connectivity index (χ4v) is 1.22. The fourth-order valence-electron chi connectivity index (χ4n) is 1.22. The first kappa shape index (κ1) is 14.8. The second-order valence-corrected chi connectivity index (χ2v) is 3.66. The Labute approximate surface area is 107 Å². The third-order valence-electron chi connectivity index (χ3n) is 2.26. The lowest BCUT2D eigenvalue weighted by Crippen LogP contribution is -2.44. The van der Waals surface area contributed by atoms with Crippen LogP contribution in [0.15, 0.2) is 12.1 Å². The van der Waals surface area contributed by atoms with Crippen molar-refractivity contribution in [3.05, 3.63) is 29.6 Å². The molecule has 3 N–H and O–H groups in total. The number of hydrogen-bond donors (Lipinski definition) is 3. The van der Waals surface area contributed by atoms with Crippen molar-refractivity contribution in [2.24, 2.45) is 0 Å². The molecule has 5 nitrogen and oxygen atoms in total. The van der Waals surface area contributed by atoms with Crippen LogP contribution in [-0.2, 0) is 4.79 Å². The maximum atomic E-state index is 13.3. The molecule has 0 aliphatic rings. The van der Waals surface area contributed by atoms with Gasteiger partial charge in [0.05, 0.1) is 5.69 Å². The molecule has 1 atom stereocenters. The van der Waals surface area contributed by atoms with Crippen molar-refractivity contribution in [3.63, 3.8) is 0 Å². The fraction of sp³-hybridized carbons (Fsp3) is 0.273. The molecule has 0 bridgehead atoms. The quantitative estimate of drug-likeness (QED) is 0.729. The molecule has 0 fully saturated rings. The average molecular weight is 275 g/mol. The van der Waals surface area contributed by atoms with Gasteiger partial charge in [-0.2, -0.15) is 0 Å². The predicted molar refractivity (Wildman–Crippen MR) is 62.0 cm³/mol. The summed E-state index contributed by atoms with van der Waals surface area (Å²) in [7, 11) is 1.32. The van der Waals surface area contributed by atoms with E-state index >= 15 is 0 Å². The summed E-state index contributed by atoms with van der Waals surface area (Å²) >= 11 is 0. The van der Waals surface area contributed by atoms with Crippen LogP contribution in [0.1, 0.15) is 6.92 Å². The summed E-state index contributed by atoms with van der Waals surface area (Å²) in [6.45, 7) is 1.33. The van der Waals surface area contributed by atoms with Gasteiger partial charge in [-0.25, -0.2) is 18.0 Å². The minimum atomic E-state index is -1.64. The summed E-state index contributed by atoms with van der Waals surface area (Å²) in [6, 6.07) is -0.0669. The lowest BCUT2D eigenvalue weighted by atomic mass is 10.2. The highest BCUT2D eigenvalue weighted by atomic mass is 19.2. The van der Waals surface area contributed by atoms with Crippen molar-refractivity contribution < 1.29 is 22.8 Å². The molecule has 8 heteroatoms. The monoisotopic (exact) mass is 275 g/mol. The van der Waals surface area contributed by atoms with Crippen LogP contribution in [0.3, 0.4) is 0 Å². The third-order valence-corrected chi connectivity index (χ3v) is 2.26. The highest BCUT2D eigenvalue weighted by Crippen LogP contribution is 2.20. The summed E-state index contributed by atoms with van der Waals surface area (Å²) < 4.78 is 39.0. The highest BCUT2D eigenvalue weighted by Gasteiger charge is 2.19. The van der Waals surface area contributed by atoms with Gasteiger partial charge in [0.25, 0.3) is 0 Å². The van der Waals surface area contributed by atoms with E-state index in [1.165, 1.54) is 14.0 Å². The Bertz CT molecular complexity index is 508. The molecule has 0 saturated carbocycles. The van der Waals surface area contributed by atoms with Gasteiger partial charge in [0.2, 0.25) is 5.91 Å². The third kappa shape index (κ3) is 3.60. The first-order chi connectivity index (χ1) is 8.86. The molecule has 0 heterocycles. The van der Waals surface area contributed by atoms with E-state index in [9.17, 15) is 22.8 Å². The molecule has 0 aliphatic carbocycles. The summed E-state index contributed by atoms with van der Waals surface area (Å²) in [5.41, 5.74) is -0.376. The van der Waals surface area contributed by atoms with Crippen molar-refractivity contribution in [2.75, 3.05) is 12.4 Å². The van der Waals surface area contributed by atoms with Gasteiger partial charge in [0, 0.05) is 7.05 Å².